The van der Waals surface area contributed by atoms with E-state index in [4.69, 9.17) is 15.9 Å². The smallest absolute Gasteiger partial charge is 0.122 e. The molecule has 2 rings (SSSR count). The summed E-state index contributed by atoms with van der Waals surface area (Å²) < 4.78 is 6.18. The zero-order valence-electron chi connectivity index (χ0n) is 12.9. The Bertz CT molecular complexity index is 473. The van der Waals surface area contributed by atoms with Crippen LogP contribution in [0.2, 0.25) is 0 Å². The van der Waals surface area contributed by atoms with Gasteiger partial charge in [-0.25, -0.2) is 0 Å². The Labute approximate surface area is 131 Å². The summed E-state index contributed by atoms with van der Waals surface area (Å²) in [5.74, 6) is 2.12. The summed E-state index contributed by atoms with van der Waals surface area (Å²) in [6.45, 7) is 8.60. The average Bonchev–Trinajstić information content (AvgIpc) is 2.61. The van der Waals surface area contributed by atoms with Crippen molar-refractivity contribution in [3.05, 3.63) is 29.8 Å². The minimum atomic E-state index is 0.0891. The van der Waals surface area contributed by atoms with Crippen molar-refractivity contribution in [3.63, 3.8) is 0 Å². The molecule has 0 bridgehead atoms. The Hall–Kier alpha value is -1.20. The maximum atomic E-state index is 7.36. The molecule has 116 valence electrons. The molecule has 0 aliphatic carbocycles. The van der Waals surface area contributed by atoms with E-state index >= 15 is 0 Å². The Kier molecular flexibility index (Phi) is 5.53. The molecule has 3 N–H and O–H groups in total. The molecule has 0 saturated carbocycles. The van der Waals surface area contributed by atoms with Crippen LogP contribution in [0, 0.1) is 5.41 Å². The summed E-state index contributed by atoms with van der Waals surface area (Å²) in [6, 6.07) is 7.39. The average molecular weight is 307 g/mol. The summed E-state index contributed by atoms with van der Waals surface area (Å²) in [4.78, 5) is 2.48. The third-order valence-corrected chi connectivity index (χ3v) is 5.14. The summed E-state index contributed by atoms with van der Waals surface area (Å²) in [5.41, 5.74) is 6.16. The van der Waals surface area contributed by atoms with E-state index in [0.717, 1.165) is 30.9 Å². The molecule has 4 nitrogen and oxygen atoms in total. The number of thioether (sulfide) groups is 1. The van der Waals surface area contributed by atoms with Crippen LogP contribution in [-0.4, -0.2) is 47.5 Å². The fourth-order valence-corrected chi connectivity index (χ4v) is 3.45. The molecule has 1 fully saturated rings. The first-order chi connectivity index (χ1) is 9.96. The molecule has 0 atom stereocenters. The SMILES string of the molecule is CC1(C)CCN(CCOc2ccc(C(=N)N)cc2)CCS1. The van der Waals surface area contributed by atoms with Gasteiger partial charge in [0.1, 0.15) is 18.2 Å². The molecular weight excluding hydrogens is 282 g/mol. The maximum absolute atomic E-state index is 7.36. The third kappa shape index (κ3) is 5.25. The molecule has 1 aliphatic heterocycles. The van der Waals surface area contributed by atoms with E-state index in [0.29, 0.717) is 11.4 Å². The van der Waals surface area contributed by atoms with E-state index in [1.54, 1.807) is 0 Å². The molecule has 0 unspecified atom stereocenters. The van der Waals surface area contributed by atoms with Crippen LogP contribution >= 0.6 is 11.8 Å². The minimum absolute atomic E-state index is 0.0891. The second kappa shape index (κ2) is 7.18. The Morgan fingerprint density at radius 3 is 2.71 bits per heavy atom. The van der Waals surface area contributed by atoms with Gasteiger partial charge in [0, 0.05) is 29.2 Å². The van der Waals surface area contributed by atoms with Crippen LogP contribution in [0.4, 0.5) is 0 Å². The predicted octanol–water partition coefficient (Wildman–Crippen LogP) is 2.57. The standard InChI is InChI=1S/C16H25N3OS/c1-16(2)7-8-19(10-12-21-16)9-11-20-14-5-3-13(4-6-14)15(17)18/h3-6H,7-12H2,1-2H3,(H3,17,18). The second-order valence-electron chi connectivity index (χ2n) is 5.99. The highest BCUT2D eigenvalue weighted by atomic mass is 32.2. The number of nitrogens with one attached hydrogen (secondary N) is 1. The topological polar surface area (TPSA) is 62.3 Å². The molecule has 1 aliphatic rings. The minimum Gasteiger partial charge on any atom is -0.492 e. The van der Waals surface area contributed by atoms with Crippen LogP contribution < -0.4 is 10.5 Å². The lowest BCUT2D eigenvalue weighted by atomic mass is 10.1. The van der Waals surface area contributed by atoms with E-state index < -0.39 is 0 Å². The van der Waals surface area contributed by atoms with Gasteiger partial charge >= 0.3 is 0 Å². The molecule has 21 heavy (non-hydrogen) atoms. The van der Waals surface area contributed by atoms with E-state index in [1.807, 2.05) is 24.3 Å². The molecule has 1 saturated heterocycles. The fraction of sp³-hybridized carbons (Fsp3) is 0.562. The van der Waals surface area contributed by atoms with E-state index in [2.05, 4.69) is 30.5 Å². The van der Waals surface area contributed by atoms with Crippen molar-refractivity contribution in [3.8, 4) is 5.75 Å². The number of rotatable bonds is 5. The molecule has 0 radical (unpaired) electrons. The Morgan fingerprint density at radius 2 is 2.05 bits per heavy atom. The molecule has 0 aromatic heterocycles. The highest BCUT2D eigenvalue weighted by Gasteiger charge is 2.23. The zero-order valence-corrected chi connectivity index (χ0v) is 13.7. The molecular formula is C16H25N3OS. The van der Waals surface area contributed by atoms with Gasteiger partial charge in [-0.3, -0.25) is 10.3 Å². The van der Waals surface area contributed by atoms with Crippen LogP contribution in [0.25, 0.3) is 0 Å². The largest absolute Gasteiger partial charge is 0.492 e. The Morgan fingerprint density at radius 1 is 1.33 bits per heavy atom. The summed E-state index contributed by atoms with van der Waals surface area (Å²) in [5, 5.41) is 7.36. The first kappa shape index (κ1) is 16.2. The predicted molar refractivity (Wildman–Crippen MR) is 90.5 cm³/mol. The van der Waals surface area contributed by atoms with Gasteiger partial charge < -0.3 is 10.5 Å². The highest BCUT2D eigenvalue weighted by Crippen LogP contribution is 2.30. The van der Waals surface area contributed by atoms with Gasteiger partial charge in [0.05, 0.1) is 0 Å². The van der Waals surface area contributed by atoms with Crippen molar-refractivity contribution < 1.29 is 4.74 Å². The number of ether oxygens (including phenoxy) is 1. The quantitative estimate of drug-likeness (QED) is 0.648. The number of amidine groups is 1. The molecule has 0 amide bonds. The van der Waals surface area contributed by atoms with Gasteiger partial charge in [0.25, 0.3) is 0 Å². The van der Waals surface area contributed by atoms with Crippen LogP contribution in [0.1, 0.15) is 25.8 Å². The lowest BCUT2D eigenvalue weighted by Crippen LogP contribution is -2.31. The first-order valence-electron chi connectivity index (χ1n) is 7.40. The second-order valence-corrected chi connectivity index (χ2v) is 7.79. The number of benzene rings is 1. The number of hydrogen-bond acceptors (Lipinski definition) is 4. The molecule has 1 aromatic rings. The van der Waals surface area contributed by atoms with Crippen molar-refractivity contribution in [2.75, 3.05) is 32.0 Å². The van der Waals surface area contributed by atoms with Gasteiger partial charge in [0.2, 0.25) is 0 Å². The van der Waals surface area contributed by atoms with Gasteiger partial charge in [0.15, 0.2) is 0 Å². The summed E-state index contributed by atoms with van der Waals surface area (Å²) >= 11 is 2.06. The maximum Gasteiger partial charge on any atom is 0.122 e. The van der Waals surface area contributed by atoms with Crippen LogP contribution in [0.5, 0.6) is 5.75 Å². The monoisotopic (exact) mass is 307 g/mol. The van der Waals surface area contributed by atoms with Gasteiger partial charge in [-0.15, -0.1) is 0 Å². The van der Waals surface area contributed by atoms with Crippen molar-refractivity contribution in [2.24, 2.45) is 5.73 Å². The zero-order chi connectivity index (χ0) is 15.3. The Balaban J connectivity index is 1.75. The van der Waals surface area contributed by atoms with E-state index in [1.165, 1.54) is 12.2 Å². The van der Waals surface area contributed by atoms with Crippen LogP contribution in [0.15, 0.2) is 24.3 Å². The number of nitrogens with two attached hydrogens (primary N) is 1. The number of nitrogen functional groups attached to an aromatic ring is 1. The van der Waals surface area contributed by atoms with Crippen LogP contribution in [-0.2, 0) is 0 Å². The number of hydrogen-bond donors (Lipinski definition) is 2. The third-order valence-electron chi connectivity index (χ3n) is 3.77. The lowest BCUT2D eigenvalue weighted by Gasteiger charge is -2.22. The van der Waals surface area contributed by atoms with Gasteiger partial charge in [-0.2, -0.15) is 11.8 Å². The first-order valence-corrected chi connectivity index (χ1v) is 8.38. The lowest BCUT2D eigenvalue weighted by molar-refractivity contribution is 0.214. The van der Waals surface area contributed by atoms with Crippen molar-refractivity contribution in [1.82, 2.24) is 4.90 Å². The molecule has 0 spiro atoms. The van der Waals surface area contributed by atoms with Crippen molar-refractivity contribution in [2.45, 2.75) is 25.0 Å². The molecule has 5 heteroatoms. The summed E-state index contributed by atoms with van der Waals surface area (Å²) in [7, 11) is 0. The van der Waals surface area contributed by atoms with Crippen molar-refractivity contribution >= 4 is 17.6 Å². The van der Waals surface area contributed by atoms with Gasteiger partial charge in [-0.05, 0) is 37.2 Å². The van der Waals surface area contributed by atoms with Gasteiger partial charge in [-0.1, -0.05) is 13.8 Å². The molecule has 1 heterocycles. The fourth-order valence-electron chi connectivity index (χ4n) is 2.31. The van der Waals surface area contributed by atoms with Crippen LogP contribution in [0.3, 0.4) is 0 Å². The van der Waals surface area contributed by atoms with E-state index in [9.17, 15) is 0 Å². The highest BCUT2D eigenvalue weighted by molar-refractivity contribution is 8.00. The summed E-state index contributed by atoms with van der Waals surface area (Å²) in [6.07, 6.45) is 1.23. The molecule has 1 aromatic carbocycles. The van der Waals surface area contributed by atoms with E-state index in [-0.39, 0.29) is 5.84 Å². The normalized spacial score (nSPS) is 19.0. The van der Waals surface area contributed by atoms with Crippen molar-refractivity contribution in [1.29, 1.82) is 5.41 Å². The number of nitrogens with zero attached hydrogens (tertiary/aromatic N) is 1.